The normalized spacial score (nSPS) is 54.8. The first-order chi connectivity index (χ1) is 21.8. The van der Waals surface area contributed by atoms with Gasteiger partial charge in [0.1, 0.15) is 61.0 Å². The number of likely N-dealkylation sites (N-methyl/N-ethyl adjacent to an activating group) is 1. The van der Waals surface area contributed by atoms with E-state index in [-0.39, 0.29) is 19.4 Å². The van der Waals surface area contributed by atoms with E-state index in [4.69, 9.17) is 61.8 Å². The van der Waals surface area contributed by atoms with Crippen molar-refractivity contribution in [2.75, 3.05) is 20.2 Å². The Kier molecular flexibility index (Phi) is 11.9. The molecule has 46 heavy (non-hydrogen) atoms. The van der Waals surface area contributed by atoms with Gasteiger partial charge in [-0.2, -0.15) is 0 Å². The van der Waals surface area contributed by atoms with Crippen LogP contribution in [0.3, 0.4) is 0 Å². The molecule has 0 aromatic carbocycles. The minimum absolute atomic E-state index is 0.0882. The molecule has 268 valence electrons. The number of nitrogens with one attached hydrogen (secondary N) is 1. The summed E-state index contributed by atoms with van der Waals surface area (Å²) in [6.07, 6.45) is -19.5. The second-order valence-corrected chi connectivity index (χ2v) is 12.7. The number of ether oxygens (including phenoxy) is 7. The molecule has 0 aromatic heterocycles. The van der Waals surface area contributed by atoms with Crippen molar-refractivity contribution in [2.45, 2.75) is 141 Å². The number of hydrogen-bond donors (Lipinski definition) is 13. The smallest absolute Gasteiger partial charge is 0.189 e. The van der Waals surface area contributed by atoms with E-state index in [2.05, 4.69) is 5.32 Å². The van der Waals surface area contributed by atoms with Crippen LogP contribution in [0.15, 0.2) is 0 Å². The lowest BCUT2D eigenvalue weighted by atomic mass is 9.84. The van der Waals surface area contributed by atoms with Crippen LogP contribution < -0.4 is 34.0 Å². The molecule has 0 spiro atoms. The molecule has 0 radical (unpaired) electrons. The molecule has 5 aliphatic rings. The highest BCUT2D eigenvalue weighted by Crippen LogP contribution is 2.36. The first kappa shape index (κ1) is 36.5. The molecule has 20 heteroatoms. The van der Waals surface area contributed by atoms with E-state index < -0.39 is 135 Å². The van der Waals surface area contributed by atoms with Gasteiger partial charge in [-0.1, -0.05) is 0 Å². The molecule has 0 aromatic rings. The van der Waals surface area contributed by atoms with E-state index >= 15 is 0 Å². The van der Waals surface area contributed by atoms with Gasteiger partial charge in [0.15, 0.2) is 25.2 Å². The number of hydrogen-bond acceptors (Lipinski definition) is 20. The van der Waals surface area contributed by atoms with E-state index in [1.54, 1.807) is 0 Å². The number of aliphatic hydroxyl groups is 7. The van der Waals surface area contributed by atoms with Crippen molar-refractivity contribution >= 4 is 0 Å². The summed E-state index contributed by atoms with van der Waals surface area (Å²) < 4.78 is 41.3. The SMILES string of the molecule is CNC1C(O)C2O[C@H](O[C@@H]3C(N)C[C@@H](N)C(O)C3OC3O[C@H](CN)[C@@H](O)[C@H]3O)C(N)C[C@@H]2O[C@@H]1O[C@H]1OC(CO)[C@@H](N)C(O)C1O. The highest BCUT2D eigenvalue weighted by atomic mass is 16.8. The third kappa shape index (κ3) is 6.95. The molecule has 18 N–H and O–H groups in total. The van der Waals surface area contributed by atoms with E-state index in [1.807, 2.05) is 0 Å². The predicted molar refractivity (Wildman–Crippen MR) is 152 cm³/mol. The molecule has 5 fully saturated rings. The number of aliphatic hydroxyl groups excluding tert-OH is 7. The Morgan fingerprint density at radius 3 is 1.89 bits per heavy atom. The van der Waals surface area contributed by atoms with E-state index in [1.165, 1.54) is 7.05 Å². The van der Waals surface area contributed by atoms with Crippen molar-refractivity contribution in [2.24, 2.45) is 28.7 Å². The molecule has 1 saturated carbocycles. The second kappa shape index (κ2) is 15.0. The zero-order valence-electron chi connectivity index (χ0n) is 25.3. The van der Waals surface area contributed by atoms with Crippen molar-refractivity contribution in [3.05, 3.63) is 0 Å². The minimum Gasteiger partial charge on any atom is -0.394 e. The molecule has 0 bridgehead atoms. The van der Waals surface area contributed by atoms with Gasteiger partial charge in [-0.25, -0.2) is 0 Å². The maximum absolute atomic E-state index is 11.4. The monoisotopic (exact) mass is 670 g/mol. The Labute approximate surface area is 264 Å². The Balaban J connectivity index is 1.27. The summed E-state index contributed by atoms with van der Waals surface area (Å²) in [5.41, 5.74) is 30.4. The molecule has 1 aliphatic carbocycles. The second-order valence-electron chi connectivity index (χ2n) is 12.7. The van der Waals surface area contributed by atoms with Crippen LogP contribution in [-0.2, 0) is 33.2 Å². The summed E-state index contributed by atoms with van der Waals surface area (Å²) in [6.45, 7) is -0.623. The molecule has 4 saturated heterocycles. The lowest BCUT2D eigenvalue weighted by Crippen LogP contribution is -2.70. The zero-order valence-corrected chi connectivity index (χ0v) is 25.3. The van der Waals surface area contributed by atoms with Crippen molar-refractivity contribution in [1.82, 2.24) is 5.32 Å². The van der Waals surface area contributed by atoms with Crippen molar-refractivity contribution in [3.8, 4) is 0 Å². The van der Waals surface area contributed by atoms with Gasteiger partial charge in [0, 0.05) is 18.6 Å². The fourth-order valence-electron chi connectivity index (χ4n) is 6.77. The Hall–Kier alpha value is -0.800. The van der Waals surface area contributed by atoms with Crippen molar-refractivity contribution in [1.29, 1.82) is 0 Å². The summed E-state index contributed by atoms with van der Waals surface area (Å²) >= 11 is 0. The van der Waals surface area contributed by atoms with Gasteiger partial charge < -0.3 is 103 Å². The topological polar surface area (TPSA) is 348 Å². The molecule has 21 atom stereocenters. The summed E-state index contributed by atoms with van der Waals surface area (Å²) in [5, 5.41) is 76.3. The molecule has 5 rings (SSSR count). The minimum atomic E-state index is -1.57. The maximum atomic E-state index is 11.4. The molecule has 4 aliphatic heterocycles. The average molecular weight is 671 g/mol. The van der Waals surface area contributed by atoms with Gasteiger partial charge in [-0.15, -0.1) is 0 Å². The standard InChI is InChI=1S/C26H50N6O14/c1-32-13-17(37)21-9(40-24(13)46-26-19(39)16(36)12(31)11(5-33)42-26)3-8(30)23(44-21)43-20-7(29)2-6(28)14(34)22(20)45-25-18(38)15(35)10(4-27)41-25/h6-26,32-39H,2-5,27-31H2,1H3/t6-,7?,8?,9+,10-,11?,12-,13?,14?,15-,16?,17?,18-,19?,20-,21?,22?,23+,24-,25?,26-/m1/s1. The Morgan fingerprint density at radius 2 is 1.26 bits per heavy atom. The van der Waals surface area contributed by atoms with Gasteiger partial charge in [0.2, 0.25) is 0 Å². The fraction of sp³-hybridized carbons (Fsp3) is 1.00. The summed E-state index contributed by atoms with van der Waals surface area (Å²) in [4.78, 5) is 0. The van der Waals surface area contributed by atoms with Crippen molar-refractivity contribution < 1.29 is 68.9 Å². The maximum Gasteiger partial charge on any atom is 0.189 e. The fourth-order valence-corrected chi connectivity index (χ4v) is 6.77. The van der Waals surface area contributed by atoms with Crippen LogP contribution in [0.2, 0.25) is 0 Å². The third-order valence-electron chi connectivity index (χ3n) is 9.56. The molecular weight excluding hydrogens is 620 g/mol. The van der Waals surface area contributed by atoms with Gasteiger partial charge in [0.05, 0.1) is 36.9 Å². The highest BCUT2D eigenvalue weighted by molar-refractivity contribution is 5.03. The number of rotatable bonds is 9. The first-order valence-electron chi connectivity index (χ1n) is 15.5. The predicted octanol–water partition coefficient (Wildman–Crippen LogP) is -8.52. The van der Waals surface area contributed by atoms with Crippen LogP contribution in [0.5, 0.6) is 0 Å². The van der Waals surface area contributed by atoms with E-state index in [0.717, 1.165) is 0 Å². The highest BCUT2D eigenvalue weighted by Gasteiger charge is 2.55. The van der Waals surface area contributed by atoms with Gasteiger partial charge in [-0.3, -0.25) is 0 Å². The van der Waals surface area contributed by atoms with Crippen LogP contribution in [0.4, 0.5) is 0 Å². The van der Waals surface area contributed by atoms with Gasteiger partial charge in [-0.05, 0) is 19.9 Å². The summed E-state index contributed by atoms with van der Waals surface area (Å²) in [6, 6.07) is -4.45. The lowest BCUT2D eigenvalue weighted by molar-refractivity contribution is -0.374. The summed E-state index contributed by atoms with van der Waals surface area (Å²) in [5.74, 6) is 0. The lowest BCUT2D eigenvalue weighted by Gasteiger charge is -2.51. The van der Waals surface area contributed by atoms with Crippen molar-refractivity contribution in [3.63, 3.8) is 0 Å². The molecule has 20 nitrogen and oxygen atoms in total. The molecule has 11 unspecified atom stereocenters. The van der Waals surface area contributed by atoms with Gasteiger partial charge in [0.25, 0.3) is 0 Å². The van der Waals surface area contributed by atoms with Crippen LogP contribution in [0, 0.1) is 0 Å². The molecule has 4 heterocycles. The molecular formula is C26H50N6O14. The third-order valence-corrected chi connectivity index (χ3v) is 9.56. The Bertz CT molecular complexity index is 993. The van der Waals surface area contributed by atoms with Gasteiger partial charge >= 0.3 is 0 Å². The zero-order chi connectivity index (χ0) is 33.6. The van der Waals surface area contributed by atoms with E-state index in [0.29, 0.717) is 0 Å². The first-order valence-corrected chi connectivity index (χ1v) is 15.5. The van der Waals surface area contributed by atoms with E-state index in [9.17, 15) is 35.7 Å². The van der Waals surface area contributed by atoms with Crippen LogP contribution in [-0.4, -0.2) is 185 Å². The average Bonchev–Trinajstić information content (AvgIpc) is 3.30. The number of fused-ring (bicyclic) bond motifs is 1. The van der Waals surface area contributed by atoms with Crippen LogP contribution >= 0.6 is 0 Å². The largest absolute Gasteiger partial charge is 0.394 e. The summed E-state index contributed by atoms with van der Waals surface area (Å²) in [7, 11) is 1.54. The van der Waals surface area contributed by atoms with Crippen LogP contribution in [0.1, 0.15) is 12.8 Å². The van der Waals surface area contributed by atoms with Crippen LogP contribution in [0.25, 0.3) is 0 Å². The molecule has 0 amide bonds. The Morgan fingerprint density at radius 1 is 0.630 bits per heavy atom. The number of nitrogens with two attached hydrogens (primary N) is 5. The quantitative estimate of drug-likeness (QED) is 0.108.